The molecule has 0 bridgehead atoms. The Bertz CT molecular complexity index is 851. The molecule has 1 N–H and O–H groups in total. The van der Waals surface area contributed by atoms with Crippen LogP contribution in [0.4, 0.5) is 13.2 Å². The standard InChI is InChI=1S/C14H9F3N2O4S/c15-14(16,17)11-4-12(21)19-13(18-11)24-5-8(20)7-1-2-9-10(3-7)23-6-22-9/h1-4H,5-6H2,(H,18,19,21). The van der Waals surface area contributed by atoms with Crippen LogP contribution in [0.25, 0.3) is 0 Å². The van der Waals surface area contributed by atoms with Gasteiger partial charge < -0.3 is 14.5 Å². The van der Waals surface area contributed by atoms with E-state index in [4.69, 9.17) is 9.47 Å². The Balaban J connectivity index is 1.73. The summed E-state index contributed by atoms with van der Waals surface area (Å²) in [6.07, 6.45) is -4.73. The number of carbonyl (C=O) groups is 1. The van der Waals surface area contributed by atoms with Gasteiger partial charge in [0.25, 0.3) is 5.56 Å². The first kappa shape index (κ1) is 16.4. The zero-order valence-corrected chi connectivity index (χ0v) is 12.7. The first-order chi connectivity index (χ1) is 11.3. The van der Waals surface area contributed by atoms with Crippen molar-refractivity contribution in [3.63, 3.8) is 0 Å². The molecule has 0 atom stereocenters. The molecule has 1 aliphatic rings. The SMILES string of the molecule is O=C(CSc1nc(C(F)(F)F)cc(=O)[nH]1)c1ccc2c(c1)OCO2. The number of carbonyl (C=O) groups excluding carboxylic acids is 1. The number of Topliss-reactive ketones (excluding diaryl/α,β-unsaturated/α-hetero) is 1. The molecule has 2 aromatic rings. The van der Waals surface area contributed by atoms with Gasteiger partial charge in [0.15, 0.2) is 28.1 Å². The fraction of sp³-hybridized carbons (Fsp3) is 0.214. The van der Waals surface area contributed by atoms with Gasteiger partial charge in [-0.1, -0.05) is 11.8 Å². The number of fused-ring (bicyclic) bond motifs is 1. The molecule has 1 aromatic carbocycles. The fourth-order valence-corrected chi connectivity index (χ4v) is 2.71. The number of hydrogen-bond acceptors (Lipinski definition) is 6. The van der Waals surface area contributed by atoms with Crippen LogP contribution in [0.15, 0.2) is 34.2 Å². The number of H-pyrrole nitrogens is 1. The third-order valence-electron chi connectivity index (χ3n) is 3.04. The summed E-state index contributed by atoms with van der Waals surface area (Å²) < 4.78 is 48.1. The number of thioether (sulfide) groups is 1. The molecule has 0 unspecified atom stereocenters. The Morgan fingerprint density at radius 3 is 2.75 bits per heavy atom. The Hall–Kier alpha value is -2.49. The van der Waals surface area contributed by atoms with Crippen LogP contribution in [0.2, 0.25) is 0 Å². The van der Waals surface area contributed by atoms with Gasteiger partial charge in [0.1, 0.15) is 0 Å². The summed E-state index contributed by atoms with van der Waals surface area (Å²) in [5.74, 6) is 0.405. The van der Waals surface area contributed by atoms with Crippen molar-refractivity contribution >= 4 is 17.5 Å². The predicted molar refractivity (Wildman–Crippen MR) is 77.5 cm³/mol. The molecule has 0 fully saturated rings. The van der Waals surface area contributed by atoms with Crippen molar-refractivity contribution in [1.82, 2.24) is 9.97 Å². The summed E-state index contributed by atoms with van der Waals surface area (Å²) >= 11 is 0.713. The van der Waals surface area contributed by atoms with Crippen LogP contribution < -0.4 is 15.0 Å². The minimum absolute atomic E-state index is 0.0666. The molecule has 0 aliphatic carbocycles. The molecule has 0 radical (unpaired) electrons. The van der Waals surface area contributed by atoms with E-state index < -0.39 is 17.4 Å². The van der Waals surface area contributed by atoms with Gasteiger partial charge in [-0.3, -0.25) is 9.59 Å². The molecule has 1 aliphatic heterocycles. The smallest absolute Gasteiger partial charge is 0.433 e. The second kappa shape index (κ2) is 6.19. The van der Waals surface area contributed by atoms with Crippen LogP contribution in [0.1, 0.15) is 16.1 Å². The van der Waals surface area contributed by atoms with Gasteiger partial charge in [-0.15, -0.1) is 0 Å². The maximum absolute atomic E-state index is 12.6. The van der Waals surface area contributed by atoms with Crippen molar-refractivity contribution in [2.24, 2.45) is 0 Å². The van der Waals surface area contributed by atoms with Crippen LogP contribution in [-0.2, 0) is 6.18 Å². The monoisotopic (exact) mass is 358 g/mol. The van der Waals surface area contributed by atoms with Gasteiger partial charge in [-0.05, 0) is 18.2 Å². The van der Waals surface area contributed by atoms with E-state index >= 15 is 0 Å². The maximum Gasteiger partial charge on any atom is 0.433 e. The number of nitrogens with one attached hydrogen (secondary N) is 1. The summed E-state index contributed by atoms with van der Waals surface area (Å²) in [6, 6.07) is 4.96. The third kappa shape index (κ3) is 3.53. The molecular formula is C14H9F3N2O4S. The van der Waals surface area contributed by atoms with Gasteiger partial charge in [0.2, 0.25) is 6.79 Å². The molecule has 0 saturated carbocycles. The van der Waals surface area contributed by atoms with Gasteiger partial charge in [-0.25, -0.2) is 4.98 Å². The van der Waals surface area contributed by atoms with Crippen molar-refractivity contribution in [1.29, 1.82) is 0 Å². The lowest BCUT2D eigenvalue weighted by atomic mass is 10.1. The molecule has 0 saturated heterocycles. The van der Waals surface area contributed by atoms with E-state index in [0.29, 0.717) is 34.9 Å². The Kier molecular flexibility index (Phi) is 4.22. The predicted octanol–water partition coefficient (Wildman–Crippen LogP) is 2.49. The first-order valence-electron chi connectivity index (χ1n) is 6.57. The Labute approximate surface area is 137 Å². The van der Waals surface area contributed by atoms with Gasteiger partial charge >= 0.3 is 6.18 Å². The number of nitrogens with zero attached hydrogens (tertiary/aromatic N) is 1. The molecule has 0 amide bonds. The second-order valence-corrected chi connectivity index (χ2v) is 5.68. The van der Waals surface area contributed by atoms with E-state index in [9.17, 15) is 22.8 Å². The average Bonchev–Trinajstić information content (AvgIpc) is 2.98. The number of ketones is 1. The molecule has 10 heteroatoms. The molecule has 1 aromatic heterocycles. The summed E-state index contributed by atoms with van der Waals surface area (Å²) in [5, 5.41) is -0.274. The third-order valence-corrected chi connectivity index (χ3v) is 3.92. The largest absolute Gasteiger partial charge is 0.454 e. The van der Waals surface area contributed by atoms with Crippen molar-refractivity contribution in [3.05, 3.63) is 45.9 Å². The molecule has 126 valence electrons. The minimum atomic E-state index is -4.73. The lowest BCUT2D eigenvalue weighted by Crippen LogP contribution is -2.17. The highest BCUT2D eigenvalue weighted by Gasteiger charge is 2.33. The number of alkyl halides is 3. The van der Waals surface area contributed by atoms with Crippen LogP contribution in [0.3, 0.4) is 0 Å². The highest BCUT2D eigenvalue weighted by Crippen LogP contribution is 2.33. The quantitative estimate of drug-likeness (QED) is 0.514. The number of ether oxygens (including phenoxy) is 2. The lowest BCUT2D eigenvalue weighted by Gasteiger charge is -2.07. The number of halogens is 3. The fourth-order valence-electron chi connectivity index (χ4n) is 1.94. The highest BCUT2D eigenvalue weighted by atomic mass is 32.2. The normalized spacial score (nSPS) is 13.1. The molecule has 6 nitrogen and oxygen atoms in total. The Morgan fingerprint density at radius 2 is 2.00 bits per heavy atom. The molecule has 3 rings (SSSR count). The Morgan fingerprint density at radius 1 is 1.25 bits per heavy atom. The first-order valence-corrected chi connectivity index (χ1v) is 7.56. The van der Waals surface area contributed by atoms with Crippen LogP contribution in [0, 0.1) is 0 Å². The second-order valence-electron chi connectivity index (χ2n) is 4.71. The number of aromatic nitrogens is 2. The minimum Gasteiger partial charge on any atom is -0.454 e. The van der Waals surface area contributed by atoms with E-state index in [2.05, 4.69) is 9.97 Å². The van der Waals surface area contributed by atoms with Gasteiger partial charge in [0.05, 0.1) is 5.75 Å². The number of benzene rings is 1. The van der Waals surface area contributed by atoms with E-state index in [-0.39, 0.29) is 23.5 Å². The number of hydrogen-bond donors (Lipinski definition) is 1. The van der Waals surface area contributed by atoms with Crippen molar-refractivity contribution in [3.8, 4) is 11.5 Å². The average molecular weight is 358 g/mol. The van der Waals surface area contributed by atoms with E-state index in [0.717, 1.165) is 0 Å². The van der Waals surface area contributed by atoms with Crippen molar-refractivity contribution < 1.29 is 27.4 Å². The van der Waals surface area contributed by atoms with Gasteiger partial charge in [-0.2, -0.15) is 13.2 Å². The topological polar surface area (TPSA) is 81.3 Å². The van der Waals surface area contributed by atoms with Crippen LogP contribution in [0.5, 0.6) is 11.5 Å². The summed E-state index contributed by atoms with van der Waals surface area (Å²) in [7, 11) is 0. The molecule has 0 spiro atoms. The van der Waals surface area contributed by atoms with E-state index in [1.54, 1.807) is 6.07 Å². The zero-order valence-electron chi connectivity index (χ0n) is 11.8. The van der Waals surface area contributed by atoms with E-state index in [1.165, 1.54) is 12.1 Å². The number of aromatic amines is 1. The maximum atomic E-state index is 12.6. The van der Waals surface area contributed by atoms with E-state index in [1.807, 2.05) is 0 Å². The summed E-state index contributed by atoms with van der Waals surface area (Å²) in [4.78, 5) is 28.9. The van der Waals surface area contributed by atoms with Crippen LogP contribution >= 0.6 is 11.8 Å². The summed E-state index contributed by atoms with van der Waals surface area (Å²) in [6.45, 7) is 0.0666. The number of rotatable bonds is 4. The molecule has 2 heterocycles. The zero-order chi connectivity index (χ0) is 17.3. The molecular weight excluding hydrogens is 349 g/mol. The lowest BCUT2D eigenvalue weighted by molar-refractivity contribution is -0.141. The highest BCUT2D eigenvalue weighted by molar-refractivity contribution is 7.99. The van der Waals surface area contributed by atoms with Crippen molar-refractivity contribution in [2.75, 3.05) is 12.5 Å². The van der Waals surface area contributed by atoms with Gasteiger partial charge in [0, 0.05) is 11.6 Å². The van der Waals surface area contributed by atoms with Crippen molar-refractivity contribution in [2.45, 2.75) is 11.3 Å². The van der Waals surface area contributed by atoms with Crippen LogP contribution in [-0.4, -0.2) is 28.3 Å². The summed E-state index contributed by atoms with van der Waals surface area (Å²) in [5.41, 5.74) is -1.92. The molecule has 24 heavy (non-hydrogen) atoms.